The Kier molecular flexibility index (Phi) is 2.90. The number of hydrogen-bond acceptors (Lipinski definition) is 4. The van der Waals surface area contributed by atoms with Crippen molar-refractivity contribution in [1.29, 1.82) is 0 Å². The summed E-state index contributed by atoms with van der Waals surface area (Å²) in [6, 6.07) is 7.29. The lowest BCUT2D eigenvalue weighted by Crippen LogP contribution is -2.33. The highest BCUT2D eigenvalue weighted by Crippen LogP contribution is 2.43. The predicted molar refractivity (Wildman–Crippen MR) is 77.1 cm³/mol. The minimum Gasteiger partial charge on any atom is -0.305 e. The van der Waals surface area contributed by atoms with Gasteiger partial charge in [0, 0.05) is 11.6 Å². The largest absolute Gasteiger partial charge is 0.305 e. The Morgan fingerprint density at radius 3 is 2.45 bits per heavy atom. The summed E-state index contributed by atoms with van der Waals surface area (Å²) in [5, 5.41) is 1.76. The number of amides is 3. The number of nitrogens with one attached hydrogen (secondary N) is 1. The molecule has 3 rings (SSSR count). The fourth-order valence-electron chi connectivity index (χ4n) is 2.45. The molecule has 0 radical (unpaired) electrons. The second kappa shape index (κ2) is 4.49. The van der Waals surface area contributed by atoms with Crippen LogP contribution in [-0.2, 0) is 9.59 Å². The minimum atomic E-state index is -0.497. The van der Waals surface area contributed by atoms with Gasteiger partial charge in [-0.25, -0.2) is 0 Å². The summed E-state index contributed by atoms with van der Waals surface area (Å²) in [4.78, 5) is 37.6. The van der Waals surface area contributed by atoms with E-state index in [0.29, 0.717) is 11.1 Å². The SMILES string of the molecule is CC(C)N1C(=O)/C(=C2\SC(=O)NC2=O)c2ccccc21. The summed E-state index contributed by atoms with van der Waals surface area (Å²) >= 11 is 0.785. The zero-order valence-electron chi connectivity index (χ0n) is 11.0. The van der Waals surface area contributed by atoms with Crippen molar-refractivity contribution < 1.29 is 14.4 Å². The number of carbonyl (C=O) groups excluding carboxylic acids is 3. The average molecular weight is 288 g/mol. The van der Waals surface area contributed by atoms with Gasteiger partial charge in [0.1, 0.15) is 0 Å². The zero-order valence-corrected chi connectivity index (χ0v) is 11.8. The minimum absolute atomic E-state index is 0.0214. The first-order valence-electron chi connectivity index (χ1n) is 6.21. The second-order valence-electron chi connectivity index (χ2n) is 4.83. The lowest BCUT2D eigenvalue weighted by Gasteiger charge is -2.21. The van der Waals surface area contributed by atoms with Crippen LogP contribution in [0.4, 0.5) is 10.5 Å². The molecule has 0 aliphatic carbocycles. The van der Waals surface area contributed by atoms with Gasteiger partial charge in [-0.15, -0.1) is 0 Å². The highest BCUT2D eigenvalue weighted by atomic mass is 32.2. The molecule has 3 amide bonds. The fraction of sp³-hybridized carbons (Fsp3) is 0.214. The van der Waals surface area contributed by atoms with E-state index in [9.17, 15) is 14.4 Å². The van der Waals surface area contributed by atoms with Gasteiger partial charge < -0.3 is 4.90 Å². The third-order valence-corrected chi connectivity index (χ3v) is 4.11. The number of nitrogens with zero attached hydrogens (tertiary/aromatic N) is 1. The van der Waals surface area contributed by atoms with Gasteiger partial charge in [-0.2, -0.15) is 0 Å². The molecule has 1 fully saturated rings. The highest BCUT2D eigenvalue weighted by Gasteiger charge is 2.40. The summed E-state index contributed by atoms with van der Waals surface area (Å²) < 4.78 is 0. The number of para-hydroxylation sites is 1. The number of imide groups is 1. The van der Waals surface area contributed by atoms with Gasteiger partial charge in [0.2, 0.25) is 0 Å². The molecule has 0 atom stereocenters. The van der Waals surface area contributed by atoms with Crippen LogP contribution < -0.4 is 10.2 Å². The molecule has 1 N–H and O–H groups in total. The van der Waals surface area contributed by atoms with Crippen molar-refractivity contribution in [3.05, 3.63) is 34.7 Å². The van der Waals surface area contributed by atoms with Crippen molar-refractivity contribution in [2.75, 3.05) is 4.90 Å². The van der Waals surface area contributed by atoms with E-state index in [-0.39, 0.29) is 16.9 Å². The van der Waals surface area contributed by atoms with E-state index in [1.165, 1.54) is 0 Å². The van der Waals surface area contributed by atoms with Crippen molar-refractivity contribution in [2.24, 2.45) is 0 Å². The Labute approximate surface area is 120 Å². The van der Waals surface area contributed by atoms with E-state index in [2.05, 4.69) is 5.32 Å². The van der Waals surface area contributed by atoms with Crippen LogP contribution in [0.2, 0.25) is 0 Å². The van der Waals surface area contributed by atoms with E-state index in [1.807, 2.05) is 32.0 Å². The standard InChI is InChI=1S/C14H12N2O3S/c1-7(2)16-9-6-4-3-5-8(9)10(13(16)18)11-12(17)15-14(19)20-11/h3-7H,1-2H3,(H,15,17,19)/b11-10-. The van der Waals surface area contributed by atoms with E-state index in [1.54, 1.807) is 11.0 Å². The molecular weight excluding hydrogens is 276 g/mol. The van der Waals surface area contributed by atoms with Crippen molar-refractivity contribution in [3.63, 3.8) is 0 Å². The molecule has 20 heavy (non-hydrogen) atoms. The van der Waals surface area contributed by atoms with Crippen LogP contribution in [0.15, 0.2) is 29.2 Å². The van der Waals surface area contributed by atoms with Crippen LogP contribution in [0.5, 0.6) is 0 Å². The number of benzene rings is 1. The molecule has 2 aliphatic rings. The van der Waals surface area contributed by atoms with E-state index in [0.717, 1.165) is 17.4 Å². The summed E-state index contributed by atoms with van der Waals surface area (Å²) in [6.45, 7) is 3.82. The molecule has 2 heterocycles. The van der Waals surface area contributed by atoms with Crippen LogP contribution in [0.25, 0.3) is 5.57 Å². The third kappa shape index (κ3) is 1.76. The first kappa shape index (κ1) is 12.9. The normalized spacial score (nSPS) is 21.8. The third-order valence-electron chi connectivity index (χ3n) is 3.23. The van der Waals surface area contributed by atoms with Crippen LogP contribution in [0.1, 0.15) is 19.4 Å². The van der Waals surface area contributed by atoms with Crippen molar-refractivity contribution in [2.45, 2.75) is 19.9 Å². The summed E-state index contributed by atoms with van der Waals surface area (Å²) in [7, 11) is 0. The smallest absolute Gasteiger partial charge is 0.290 e. The monoisotopic (exact) mass is 288 g/mol. The molecule has 0 aromatic heterocycles. The predicted octanol–water partition coefficient (Wildman–Crippen LogP) is 2.14. The number of rotatable bonds is 1. The molecule has 5 nitrogen and oxygen atoms in total. The molecule has 1 saturated heterocycles. The molecule has 2 aliphatic heterocycles. The second-order valence-corrected chi connectivity index (χ2v) is 5.82. The molecule has 0 spiro atoms. The number of carbonyl (C=O) groups is 3. The summed E-state index contributed by atoms with van der Waals surface area (Å²) in [5.74, 6) is -0.725. The fourth-order valence-corrected chi connectivity index (χ4v) is 3.22. The van der Waals surface area contributed by atoms with E-state index >= 15 is 0 Å². The Morgan fingerprint density at radius 2 is 1.85 bits per heavy atom. The molecule has 102 valence electrons. The van der Waals surface area contributed by atoms with Crippen LogP contribution in [0.3, 0.4) is 0 Å². The topological polar surface area (TPSA) is 66.5 Å². The summed E-state index contributed by atoms with van der Waals surface area (Å²) in [5.41, 5.74) is 1.81. The quantitative estimate of drug-likeness (QED) is 0.804. The van der Waals surface area contributed by atoms with Gasteiger partial charge in [0.15, 0.2) is 0 Å². The maximum atomic E-state index is 12.6. The van der Waals surface area contributed by atoms with Gasteiger partial charge >= 0.3 is 0 Å². The van der Waals surface area contributed by atoms with Crippen LogP contribution in [-0.4, -0.2) is 23.1 Å². The average Bonchev–Trinajstić information content (AvgIpc) is 2.85. The zero-order chi connectivity index (χ0) is 14.4. The number of thioether (sulfide) groups is 1. The number of hydrogen-bond donors (Lipinski definition) is 1. The van der Waals surface area contributed by atoms with E-state index in [4.69, 9.17) is 0 Å². The van der Waals surface area contributed by atoms with Crippen molar-refractivity contribution in [3.8, 4) is 0 Å². The van der Waals surface area contributed by atoms with Gasteiger partial charge in [-0.3, -0.25) is 19.7 Å². The molecular formula is C14H12N2O3S. The Balaban J connectivity index is 2.24. The molecule has 0 saturated carbocycles. The lowest BCUT2D eigenvalue weighted by atomic mass is 10.1. The molecule has 0 unspecified atom stereocenters. The molecule has 6 heteroatoms. The highest BCUT2D eigenvalue weighted by molar-refractivity contribution is 8.18. The number of fused-ring (bicyclic) bond motifs is 1. The maximum absolute atomic E-state index is 12.6. The Morgan fingerprint density at radius 1 is 1.15 bits per heavy atom. The Hall–Kier alpha value is -2.08. The first-order valence-corrected chi connectivity index (χ1v) is 7.02. The number of anilines is 1. The van der Waals surface area contributed by atoms with E-state index < -0.39 is 11.1 Å². The molecule has 1 aromatic rings. The van der Waals surface area contributed by atoms with Crippen LogP contribution >= 0.6 is 11.8 Å². The molecule has 1 aromatic carbocycles. The lowest BCUT2D eigenvalue weighted by molar-refractivity contribution is -0.116. The maximum Gasteiger partial charge on any atom is 0.290 e. The summed E-state index contributed by atoms with van der Waals surface area (Å²) in [6.07, 6.45) is 0. The van der Waals surface area contributed by atoms with Gasteiger partial charge in [-0.1, -0.05) is 18.2 Å². The van der Waals surface area contributed by atoms with Gasteiger partial charge in [0.05, 0.1) is 16.2 Å². The van der Waals surface area contributed by atoms with Gasteiger partial charge in [0.25, 0.3) is 17.1 Å². The van der Waals surface area contributed by atoms with Crippen molar-refractivity contribution in [1.82, 2.24) is 5.32 Å². The van der Waals surface area contributed by atoms with Gasteiger partial charge in [-0.05, 0) is 31.7 Å². The van der Waals surface area contributed by atoms with Crippen molar-refractivity contribution >= 4 is 40.1 Å². The Bertz CT molecular complexity index is 679. The van der Waals surface area contributed by atoms with Crippen LogP contribution in [0, 0.1) is 0 Å². The first-order chi connectivity index (χ1) is 9.50. The molecule has 0 bridgehead atoms.